The molecule has 7 aromatic carbocycles. The summed E-state index contributed by atoms with van der Waals surface area (Å²) in [6, 6.07) is 57.6. The predicted molar refractivity (Wildman–Crippen MR) is 212 cm³/mol. The molecule has 0 radical (unpaired) electrons. The Morgan fingerprint density at radius 2 is 1.02 bits per heavy atom. The molecule has 0 amide bonds. The molecule has 0 atom stereocenters. The highest BCUT2D eigenvalue weighted by Crippen LogP contribution is 2.36. The lowest BCUT2D eigenvalue weighted by atomic mass is 10.1. The number of hydrogen-bond acceptors (Lipinski definition) is 3. The van der Waals surface area contributed by atoms with Crippen LogP contribution in [0.15, 0.2) is 192 Å². The first kappa shape index (κ1) is 30.4. The molecule has 3 heterocycles. The smallest absolute Gasteiger partial charge is 0.309 e. The van der Waals surface area contributed by atoms with Gasteiger partial charge in [0, 0.05) is 22.0 Å². The largest absolute Gasteiger partial charge is 0.350 e. The molecule has 0 N–H and O–H groups in total. The van der Waals surface area contributed by atoms with Crippen LogP contribution in [0.2, 0.25) is 0 Å². The number of hydrogen-bond donors (Lipinski definition) is 0. The highest BCUT2D eigenvalue weighted by molar-refractivity contribution is 6.11. The second-order valence-electron chi connectivity index (χ2n) is 13.0. The van der Waals surface area contributed by atoms with Gasteiger partial charge in [0.05, 0.1) is 27.6 Å². The molecule has 7 nitrogen and oxygen atoms in total. The van der Waals surface area contributed by atoms with E-state index in [4.69, 9.17) is 4.98 Å². The van der Waals surface area contributed by atoms with Gasteiger partial charge in [0.2, 0.25) is 0 Å². The second kappa shape index (κ2) is 12.1. The van der Waals surface area contributed by atoms with Crippen molar-refractivity contribution in [1.29, 1.82) is 0 Å². The predicted octanol–water partition coefficient (Wildman–Crippen LogP) is 8.73. The average Bonchev–Trinajstić information content (AvgIpc) is 3.55. The first-order valence-corrected chi connectivity index (χ1v) is 17.5. The molecule has 0 spiro atoms. The van der Waals surface area contributed by atoms with Crippen LogP contribution in [0.3, 0.4) is 0 Å². The normalized spacial score (nSPS) is 11.5. The SMILES string of the molecule is O=c1c2ccccc2[n+](-c2ccc3c(c2)c2cc(-c4nc5ccccc5c(=O)n4-c4ccccc4)ccc2n3-c2ccccc2)cn1-c1ccccc1. The first-order chi connectivity index (χ1) is 26.1. The molecule has 10 rings (SSSR count). The zero-order valence-electron chi connectivity index (χ0n) is 28.4. The van der Waals surface area contributed by atoms with Crippen molar-refractivity contribution in [2.75, 3.05) is 0 Å². The van der Waals surface area contributed by atoms with Gasteiger partial charge in [0.1, 0.15) is 28.1 Å². The van der Waals surface area contributed by atoms with E-state index in [1.807, 2.05) is 134 Å². The monoisotopic (exact) mass is 684 g/mol. The number of fused-ring (bicyclic) bond motifs is 5. The fourth-order valence-electron chi connectivity index (χ4n) is 7.50. The van der Waals surface area contributed by atoms with Crippen LogP contribution in [0.25, 0.3) is 77.7 Å². The van der Waals surface area contributed by atoms with Gasteiger partial charge in [-0.05, 0) is 97.1 Å². The Balaban J connectivity index is 1.27. The van der Waals surface area contributed by atoms with E-state index in [9.17, 15) is 9.59 Å². The Labute approximate surface area is 303 Å². The summed E-state index contributed by atoms with van der Waals surface area (Å²) in [5.74, 6) is 0.564. The van der Waals surface area contributed by atoms with Crippen LogP contribution in [0.5, 0.6) is 0 Å². The van der Waals surface area contributed by atoms with Crippen molar-refractivity contribution >= 4 is 43.6 Å². The van der Waals surface area contributed by atoms with Gasteiger partial charge >= 0.3 is 5.56 Å². The Kier molecular flexibility index (Phi) is 6.97. The van der Waals surface area contributed by atoms with Crippen LogP contribution < -0.4 is 15.7 Å². The van der Waals surface area contributed by atoms with Gasteiger partial charge in [-0.1, -0.05) is 78.9 Å². The molecule has 0 aliphatic heterocycles. The highest BCUT2D eigenvalue weighted by Gasteiger charge is 2.21. The molecule has 0 fully saturated rings. The van der Waals surface area contributed by atoms with E-state index in [1.54, 1.807) is 9.13 Å². The van der Waals surface area contributed by atoms with Crippen LogP contribution in [0, 0.1) is 0 Å². The van der Waals surface area contributed by atoms with Gasteiger partial charge in [-0.3, -0.25) is 9.36 Å². The van der Waals surface area contributed by atoms with Crippen molar-refractivity contribution in [1.82, 2.24) is 18.7 Å². The van der Waals surface area contributed by atoms with Crippen molar-refractivity contribution in [3.63, 3.8) is 0 Å². The zero-order valence-corrected chi connectivity index (χ0v) is 28.4. The van der Waals surface area contributed by atoms with E-state index in [-0.39, 0.29) is 11.1 Å². The average molecular weight is 685 g/mol. The molecule has 7 heteroatoms. The lowest BCUT2D eigenvalue weighted by Gasteiger charge is -2.14. The van der Waals surface area contributed by atoms with Crippen LogP contribution >= 0.6 is 0 Å². The number of para-hydroxylation sites is 5. The summed E-state index contributed by atoms with van der Waals surface area (Å²) in [7, 11) is 0. The molecule has 0 bridgehead atoms. The minimum absolute atomic E-state index is 0.0817. The van der Waals surface area contributed by atoms with Crippen LogP contribution in [0.4, 0.5) is 0 Å². The summed E-state index contributed by atoms with van der Waals surface area (Å²) in [6.45, 7) is 0. The van der Waals surface area contributed by atoms with Gasteiger partial charge in [0.15, 0.2) is 0 Å². The van der Waals surface area contributed by atoms with Crippen molar-refractivity contribution in [2.45, 2.75) is 0 Å². The second-order valence-corrected chi connectivity index (χ2v) is 13.0. The molecule has 0 saturated carbocycles. The lowest BCUT2D eigenvalue weighted by molar-refractivity contribution is -0.572. The van der Waals surface area contributed by atoms with Gasteiger partial charge in [-0.2, -0.15) is 9.13 Å². The van der Waals surface area contributed by atoms with Crippen molar-refractivity contribution in [3.8, 4) is 34.1 Å². The Morgan fingerprint density at radius 3 is 1.74 bits per heavy atom. The molecule has 0 aliphatic rings. The van der Waals surface area contributed by atoms with Crippen molar-refractivity contribution in [3.05, 3.63) is 203 Å². The third-order valence-electron chi connectivity index (χ3n) is 9.97. The maximum Gasteiger partial charge on any atom is 0.350 e. The van der Waals surface area contributed by atoms with E-state index in [0.717, 1.165) is 55.6 Å². The van der Waals surface area contributed by atoms with Crippen molar-refractivity contribution < 1.29 is 4.57 Å². The van der Waals surface area contributed by atoms with E-state index < -0.39 is 0 Å². The Bertz CT molecular complexity index is 3150. The highest BCUT2D eigenvalue weighted by atomic mass is 16.1. The van der Waals surface area contributed by atoms with Gasteiger partial charge in [-0.25, -0.2) is 9.78 Å². The molecule has 53 heavy (non-hydrogen) atoms. The van der Waals surface area contributed by atoms with Crippen molar-refractivity contribution in [2.24, 2.45) is 0 Å². The lowest BCUT2D eigenvalue weighted by Crippen LogP contribution is -2.38. The number of aromatic nitrogens is 5. The topological polar surface area (TPSA) is 65.7 Å². The van der Waals surface area contributed by atoms with Crippen LogP contribution in [0.1, 0.15) is 0 Å². The summed E-state index contributed by atoms with van der Waals surface area (Å²) in [6.07, 6.45) is 1.88. The fourth-order valence-corrected chi connectivity index (χ4v) is 7.50. The first-order valence-electron chi connectivity index (χ1n) is 17.5. The van der Waals surface area contributed by atoms with Gasteiger partial charge in [0.25, 0.3) is 11.9 Å². The summed E-state index contributed by atoms with van der Waals surface area (Å²) >= 11 is 0. The summed E-state index contributed by atoms with van der Waals surface area (Å²) in [5, 5.41) is 3.21. The number of benzene rings is 7. The molecule has 10 aromatic rings. The minimum atomic E-state index is -0.122. The summed E-state index contributed by atoms with van der Waals surface area (Å²) < 4.78 is 7.76. The minimum Gasteiger partial charge on any atom is -0.309 e. The molecule has 0 unspecified atom stereocenters. The maximum atomic E-state index is 14.1. The maximum absolute atomic E-state index is 14.1. The molecular formula is C46H30N5O2+. The van der Waals surface area contributed by atoms with E-state index in [0.29, 0.717) is 22.1 Å². The molecule has 0 aliphatic carbocycles. The van der Waals surface area contributed by atoms with E-state index in [1.165, 1.54) is 0 Å². The molecular weight excluding hydrogens is 655 g/mol. The molecule has 0 saturated heterocycles. The van der Waals surface area contributed by atoms with Crippen LogP contribution in [-0.2, 0) is 0 Å². The fraction of sp³-hybridized carbons (Fsp3) is 0. The summed E-state index contributed by atoms with van der Waals surface area (Å²) in [4.78, 5) is 33.0. The van der Waals surface area contributed by atoms with Gasteiger partial charge < -0.3 is 4.57 Å². The number of rotatable bonds is 5. The standard InChI is InChI=1S/C46H30N5O2/c52-45-37-21-11-13-23-41(37)48(30-49(45)32-14-4-1-5-15-32)35-25-27-43-39(29-35)38-28-31(24-26-42(38)50(43)33-16-6-2-7-17-33)44-47-40-22-12-10-20-36(40)46(53)51(44)34-18-8-3-9-19-34/h1-30H/q+1. The van der Waals surface area contributed by atoms with E-state index >= 15 is 0 Å². The van der Waals surface area contributed by atoms with Crippen LogP contribution in [-0.4, -0.2) is 18.7 Å². The Morgan fingerprint density at radius 1 is 0.453 bits per heavy atom. The molecule has 250 valence electrons. The third kappa shape index (κ3) is 4.90. The molecule has 3 aromatic heterocycles. The summed E-state index contributed by atoms with van der Waals surface area (Å²) in [5.41, 5.74) is 7.59. The Hall–Kier alpha value is -7.38. The number of nitrogens with zero attached hydrogens (tertiary/aromatic N) is 5. The van der Waals surface area contributed by atoms with Gasteiger partial charge in [-0.15, -0.1) is 0 Å². The quantitative estimate of drug-likeness (QED) is 0.170. The van der Waals surface area contributed by atoms with E-state index in [2.05, 4.69) is 57.7 Å². The third-order valence-corrected chi connectivity index (χ3v) is 9.97. The zero-order chi connectivity index (χ0) is 35.5.